The van der Waals surface area contributed by atoms with Gasteiger partial charge in [-0.15, -0.1) is 0 Å². The first-order valence-electron chi connectivity index (χ1n) is 8.64. The molecule has 6 heteroatoms. The molecule has 3 aromatic rings. The van der Waals surface area contributed by atoms with Crippen LogP contribution in [0, 0.1) is 20.8 Å². The van der Waals surface area contributed by atoms with E-state index in [9.17, 15) is 0 Å². The first-order valence-corrected chi connectivity index (χ1v) is 8.64. The summed E-state index contributed by atoms with van der Waals surface area (Å²) >= 11 is 0. The quantitative estimate of drug-likeness (QED) is 0.766. The van der Waals surface area contributed by atoms with Gasteiger partial charge in [0.15, 0.2) is 0 Å². The van der Waals surface area contributed by atoms with Gasteiger partial charge in [0.1, 0.15) is 11.5 Å². The average molecular weight is 337 g/mol. The minimum atomic E-state index is 0.713. The number of aryl methyl sites for hydroxylation is 3. The van der Waals surface area contributed by atoms with Gasteiger partial charge in [-0.3, -0.25) is 0 Å². The highest BCUT2D eigenvalue weighted by Crippen LogP contribution is 2.29. The SMILES string of the molecule is Cc1ccc(C)c(Nc2nc(N3CCOCC3)nc3[nH]c(C)cc23)c1. The van der Waals surface area contributed by atoms with E-state index in [1.165, 1.54) is 11.1 Å². The van der Waals surface area contributed by atoms with Gasteiger partial charge < -0.3 is 19.9 Å². The van der Waals surface area contributed by atoms with Crippen molar-refractivity contribution in [3.63, 3.8) is 0 Å². The van der Waals surface area contributed by atoms with Gasteiger partial charge >= 0.3 is 0 Å². The predicted molar refractivity (Wildman–Crippen MR) is 101 cm³/mol. The summed E-state index contributed by atoms with van der Waals surface area (Å²) in [5.74, 6) is 1.58. The number of anilines is 3. The first-order chi connectivity index (χ1) is 12.1. The highest BCUT2D eigenvalue weighted by atomic mass is 16.5. The molecule has 6 nitrogen and oxygen atoms in total. The van der Waals surface area contributed by atoms with Crippen LogP contribution in [0.1, 0.15) is 16.8 Å². The lowest BCUT2D eigenvalue weighted by molar-refractivity contribution is 0.122. The second-order valence-electron chi connectivity index (χ2n) is 6.63. The second-order valence-corrected chi connectivity index (χ2v) is 6.63. The van der Waals surface area contributed by atoms with E-state index in [2.05, 4.69) is 53.3 Å². The van der Waals surface area contributed by atoms with Crippen LogP contribution in [-0.4, -0.2) is 41.3 Å². The van der Waals surface area contributed by atoms with Gasteiger partial charge in [-0.25, -0.2) is 0 Å². The largest absolute Gasteiger partial charge is 0.378 e. The van der Waals surface area contributed by atoms with Crippen LogP contribution >= 0.6 is 0 Å². The highest BCUT2D eigenvalue weighted by Gasteiger charge is 2.18. The van der Waals surface area contributed by atoms with Gasteiger partial charge in [0.2, 0.25) is 5.95 Å². The number of rotatable bonds is 3. The summed E-state index contributed by atoms with van der Waals surface area (Å²) in [5.41, 5.74) is 5.43. The van der Waals surface area contributed by atoms with E-state index in [0.29, 0.717) is 13.2 Å². The zero-order valence-corrected chi connectivity index (χ0v) is 14.9. The lowest BCUT2D eigenvalue weighted by Gasteiger charge is -2.27. The summed E-state index contributed by atoms with van der Waals surface area (Å²) < 4.78 is 5.45. The van der Waals surface area contributed by atoms with Crippen LogP contribution in [0.4, 0.5) is 17.5 Å². The van der Waals surface area contributed by atoms with E-state index < -0.39 is 0 Å². The van der Waals surface area contributed by atoms with Crippen LogP contribution in [0.5, 0.6) is 0 Å². The summed E-state index contributed by atoms with van der Waals surface area (Å²) in [7, 11) is 0. The molecular weight excluding hydrogens is 314 g/mol. The Morgan fingerprint density at radius 3 is 2.68 bits per heavy atom. The Morgan fingerprint density at radius 2 is 1.88 bits per heavy atom. The molecule has 0 atom stereocenters. The van der Waals surface area contributed by atoms with E-state index in [0.717, 1.165) is 47.3 Å². The Bertz CT molecular complexity index is 912. The van der Waals surface area contributed by atoms with E-state index in [4.69, 9.17) is 14.7 Å². The number of aromatic amines is 1. The van der Waals surface area contributed by atoms with Crippen LogP contribution in [0.3, 0.4) is 0 Å². The molecule has 2 N–H and O–H groups in total. The lowest BCUT2D eigenvalue weighted by atomic mass is 10.1. The molecule has 1 aromatic carbocycles. The van der Waals surface area contributed by atoms with Gasteiger partial charge in [-0.2, -0.15) is 9.97 Å². The molecule has 0 bridgehead atoms. The van der Waals surface area contributed by atoms with E-state index in [-0.39, 0.29) is 0 Å². The Kier molecular flexibility index (Phi) is 4.05. The number of hydrogen-bond donors (Lipinski definition) is 2. The van der Waals surface area contributed by atoms with Gasteiger partial charge in [0, 0.05) is 24.5 Å². The zero-order chi connectivity index (χ0) is 17.4. The molecule has 1 fully saturated rings. The van der Waals surface area contributed by atoms with Gasteiger partial charge in [0.05, 0.1) is 18.6 Å². The standard InChI is InChI=1S/C19H23N5O/c1-12-4-5-13(2)16(10-12)21-18-15-11-14(3)20-17(15)22-19(23-18)24-6-8-25-9-7-24/h4-5,10-11H,6-9H2,1-3H3,(H2,20,21,22,23). The second kappa shape index (κ2) is 6.37. The molecule has 0 amide bonds. The van der Waals surface area contributed by atoms with E-state index >= 15 is 0 Å². The fraction of sp³-hybridized carbons (Fsp3) is 0.368. The van der Waals surface area contributed by atoms with Crippen molar-refractivity contribution < 1.29 is 4.74 Å². The number of hydrogen-bond acceptors (Lipinski definition) is 5. The third-order valence-corrected chi connectivity index (χ3v) is 4.55. The molecule has 25 heavy (non-hydrogen) atoms. The maximum absolute atomic E-state index is 5.45. The van der Waals surface area contributed by atoms with Crippen molar-refractivity contribution in [2.75, 3.05) is 36.5 Å². The summed E-state index contributed by atoms with van der Waals surface area (Å²) in [6, 6.07) is 8.49. The van der Waals surface area contributed by atoms with Crippen LogP contribution in [0.25, 0.3) is 11.0 Å². The van der Waals surface area contributed by atoms with Crippen molar-refractivity contribution in [3.8, 4) is 0 Å². The molecule has 2 aromatic heterocycles. The van der Waals surface area contributed by atoms with Crippen molar-refractivity contribution in [1.82, 2.24) is 15.0 Å². The van der Waals surface area contributed by atoms with Gasteiger partial charge in [-0.05, 0) is 44.0 Å². The minimum Gasteiger partial charge on any atom is -0.378 e. The van der Waals surface area contributed by atoms with E-state index in [1.807, 2.05) is 6.92 Å². The number of fused-ring (bicyclic) bond motifs is 1. The molecule has 0 saturated carbocycles. The fourth-order valence-electron chi connectivity index (χ4n) is 3.13. The number of nitrogens with one attached hydrogen (secondary N) is 2. The molecule has 3 heterocycles. The number of nitrogens with zero attached hydrogens (tertiary/aromatic N) is 3. The number of benzene rings is 1. The maximum atomic E-state index is 5.45. The van der Waals surface area contributed by atoms with Crippen LogP contribution in [0.2, 0.25) is 0 Å². The minimum absolute atomic E-state index is 0.713. The lowest BCUT2D eigenvalue weighted by Crippen LogP contribution is -2.37. The monoisotopic (exact) mass is 337 g/mol. The Morgan fingerprint density at radius 1 is 1.08 bits per heavy atom. The third-order valence-electron chi connectivity index (χ3n) is 4.55. The van der Waals surface area contributed by atoms with Crippen molar-refractivity contribution >= 4 is 28.5 Å². The predicted octanol–water partition coefficient (Wildman–Crippen LogP) is 3.46. The molecule has 1 aliphatic rings. The molecule has 4 rings (SSSR count). The maximum Gasteiger partial charge on any atom is 0.229 e. The van der Waals surface area contributed by atoms with Crippen LogP contribution in [0.15, 0.2) is 24.3 Å². The number of morpholine rings is 1. The van der Waals surface area contributed by atoms with Gasteiger partial charge in [0.25, 0.3) is 0 Å². The third kappa shape index (κ3) is 3.17. The molecular formula is C19H23N5O. The number of H-pyrrole nitrogens is 1. The molecule has 0 aliphatic carbocycles. The first kappa shape index (κ1) is 15.9. The zero-order valence-electron chi connectivity index (χ0n) is 14.9. The summed E-state index contributed by atoms with van der Waals surface area (Å²) in [6.45, 7) is 9.29. The van der Waals surface area contributed by atoms with Crippen molar-refractivity contribution in [2.24, 2.45) is 0 Å². The van der Waals surface area contributed by atoms with Crippen molar-refractivity contribution in [1.29, 1.82) is 0 Å². The van der Waals surface area contributed by atoms with Crippen LogP contribution < -0.4 is 10.2 Å². The van der Waals surface area contributed by atoms with Crippen LogP contribution in [-0.2, 0) is 4.74 Å². The Balaban J connectivity index is 1.79. The van der Waals surface area contributed by atoms with Gasteiger partial charge in [-0.1, -0.05) is 12.1 Å². The summed E-state index contributed by atoms with van der Waals surface area (Å²) in [4.78, 5) is 15.1. The van der Waals surface area contributed by atoms with Crippen molar-refractivity contribution in [3.05, 3.63) is 41.1 Å². The normalized spacial score (nSPS) is 14.9. The number of aromatic nitrogens is 3. The molecule has 1 saturated heterocycles. The number of ether oxygens (including phenoxy) is 1. The fourth-order valence-corrected chi connectivity index (χ4v) is 3.13. The van der Waals surface area contributed by atoms with Crippen molar-refractivity contribution in [2.45, 2.75) is 20.8 Å². The average Bonchev–Trinajstić information content (AvgIpc) is 2.99. The molecule has 1 aliphatic heterocycles. The Hall–Kier alpha value is -2.60. The van der Waals surface area contributed by atoms with E-state index in [1.54, 1.807) is 0 Å². The molecule has 130 valence electrons. The smallest absolute Gasteiger partial charge is 0.229 e. The molecule has 0 spiro atoms. The summed E-state index contributed by atoms with van der Waals surface area (Å²) in [6.07, 6.45) is 0. The highest BCUT2D eigenvalue weighted by molar-refractivity contribution is 5.91. The molecule has 0 unspecified atom stereocenters. The molecule has 0 radical (unpaired) electrons. The topological polar surface area (TPSA) is 66.1 Å². The summed E-state index contributed by atoms with van der Waals surface area (Å²) in [5, 5.41) is 4.53. The Labute approximate surface area is 147 Å².